The number of hydrogen-bond acceptors (Lipinski definition) is 3. The summed E-state index contributed by atoms with van der Waals surface area (Å²) >= 11 is 0. The highest BCUT2D eigenvalue weighted by molar-refractivity contribution is 7.53. The van der Waals surface area contributed by atoms with Crippen LogP contribution in [0.25, 0.3) is 0 Å². The molecule has 0 heterocycles. The van der Waals surface area contributed by atoms with Gasteiger partial charge in [0.25, 0.3) is 0 Å². The highest BCUT2D eigenvalue weighted by Crippen LogP contribution is 2.50. The standard InChI is InChI=1S/C11H21O3P/c1-5-8-10-15(12,13-9-6-2)14-11(4)7-3/h3,11H,5-6,8-10H2,1-2,4H3. The van der Waals surface area contributed by atoms with Crippen molar-refractivity contribution in [3.05, 3.63) is 0 Å². The molecule has 3 nitrogen and oxygen atoms in total. The van der Waals surface area contributed by atoms with Crippen molar-refractivity contribution < 1.29 is 13.6 Å². The van der Waals surface area contributed by atoms with Crippen molar-refractivity contribution in [3.63, 3.8) is 0 Å². The van der Waals surface area contributed by atoms with E-state index in [1.807, 2.05) is 13.8 Å². The van der Waals surface area contributed by atoms with Gasteiger partial charge in [-0.25, -0.2) is 0 Å². The Bertz CT molecular complexity index is 233. The maximum Gasteiger partial charge on any atom is 0.331 e. The first-order valence-corrected chi connectivity index (χ1v) is 7.19. The van der Waals surface area contributed by atoms with Crippen LogP contribution in [0.1, 0.15) is 40.0 Å². The van der Waals surface area contributed by atoms with E-state index in [1.54, 1.807) is 6.92 Å². The molecule has 0 bridgehead atoms. The van der Waals surface area contributed by atoms with Crippen molar-refractivity contribution in [2.75, 3.05) is 12.8 Å². The summed E-state index contributed by atoms with van der Waals surface area (Å²) in [6.07, 6.45) is 7.81. The van der Waals surface area contributed by atoms with Gasteiger partial charge >= 0.3 is 7.60 Å². The topological polar surface area (TPSA) is 35.5 Å². The summed E-state index contributed by atoms with van der Waals surface area (Å²) in [6, 6.07) is 0. The SMILES string of the molecule is C#CC(C)OP(=O)(CCCC)OCCC. The Morgan fingerprint density at radius 1 is 1.40 bits per heavy atom. The van der Waals surface area contributed by atoms with Crippen LogP contribution >= 0.6 is 7.60 Å². The zero-order chi connectivity index (χ0) is 11.7. The lowest BCUT2D eigenvalue weighted by Gasteiger charge is -2.19. The second-order valence-corrected chi connectivity index (χ2v) is 5.57. The van der Waals surface area contributed by atoms with Gasteiger partial charge in [0.05, 0.1) is 12.8 Å². The summed E-state index contributed by atoms with van der Waals surface area (Å²) in [5, 5.41) is 0. The minimum Gasteiger partial charge on any atom is -0.309 e. The average molecular weight is 232 g/mol. The number of terminal acetylenes is 1. The summed E-state index contributed by atoms with van der Waals surface area (Å²) in [5.41, 5.74) is 0. The maximum atomic E-state index is 12.2. The van der Waals surface area contributed by atoms with Crippen LogP contribution in [-0.4, -0.2) is 18.9 Å². The van der Waals surface area contributed by atoms with E-state index in [-0.39, 0.29) is 0 Å². The number of rotatable bonds is 8. The molecule has 0 radical (unpaired) electrons. The van der Waals surface area contributed by atoms with Crippen LogP contribution in [0.5, 0.6) is 0 Å². The Morgan fingerprint density at radius 2 is 2.07 bits per heavy atom. The molecule has 0 aromatic carbocycles. The monoisotopic (exact) mass is 232 g/mol. The fraction of sp³-hybridized carbons (Fsp3) is 0.818. The molecule has 0 aliphatic rings. The van der Waals surface area contributed by atoms with E-state index in [0.29, 0.717) is 12.8 Å². The molecule has 4 heteroatoms. The van der Waals surface area contributed by atoms with E-state index in [4.69, 9.17) is 15.5 Å². The summed E-state index contributed by atoms with van der Waals surface area (Å²) in [5.74, 6) is 2.40. The summed E-state index contributed by atoms with van der Waals surface area (Å²) in [7, 11) is -2.97. The molecule has 0 saturated carbocycles. The lowest BCUT2D eigenvalue weighted by Crippen LogP contribution is -2.08. The fourth-order valence-corrected chi connectivity index (χ4v) is 3.00. The average Bonchev–Trinajstić information content (AvgIpc) is 2.23. The van der Waals surface area contributed by atoms with Gasteiger partial charge in [-0.15, -0.1) is 6.42 Å². The van der Waals surface area contributed by atoms with Crippen LogP contribution in [0.15, 0.2) is 0 Å². The van der Waals surface area contributed by atoms with Crippen LogP contribution in [-0.2, 0) is 13.6 Å². The van der Waals surface area contributed by atoms with Crippen molar-refractivity contribution in [3.8, 4) is 12.3 Å². The Labute approximate surface area is 93.1 Å². The molecule has 0 saturated heterocycles. The van der Waals surface area contributed by atoms with E-state index >= 15 is 0 Å². The second kappa shape index (κ2) is 7.93. The summed E-state index contributed by atoms with van der Waals surface area (Å²) < 4.78 is 22.7. The van der Waals surface area contributed by atoms with Crippen molar-refractivity contribution in [2.24, 2.45) is 0 Å². The van der Waals surface area contributed by atoms with Crippen LogP contribution in [0.3, 0.4) is 0 Å². The smallest absolute Gasteiger partial charge is 0.309 e. The first-order valence-electron chi connectivity index (χ1n) is 5.46. The van der Waals surface area contributed by atoms with Gasteiger partial charge in [0.2, 0.25) is 0 Å². The Kier molecular flexibility index (Phi) is 7.78. The first-order chi connectivity index (χ1) is 7.08. The summed E-state index contributed by atoms with van der Waals surface area (Å²) in [6.45, 7) is 6.16. The highest BCUT2D eigenvalue weighted by atomic mass is 31.2. The Morgan fingerprint density at radius 3 is 2.53 bits per heavy atom. The second-order valence-electron chi connectivity index (χ2n) is 3.44. The van der Waals surface area contributed by atoms with Gasteiger partial charge in [-0.05, 0) is 19.8 Å². The first kappa shape index (κ1) is 14.7. The van der Waals surface area contributed by atoms with E-state index in [2.05, 4.69) is 5.92 Å². The molecule has 0 aliphatic heterocycles. The van der Waals surface area contributed by atoms with Crippen molar-refractivity contribution in [2.45, 2.75) is 46.1 Å². The number of unbranched alkanes of at least 4 members (excludes halogenated alkanes) is 1. The Hall–Kier alpha value is -0.290. The molecule has 0 aromatic rings. The van der Waals surface area contributed by atoms with Gasteiger partial charge in [0, 0.05) is 0 Å². The largest absolute Gasteiger partial charge is 0.331 e. The molecule has 0 spiro atoms. The summed E-state index contributed by atoms with van der Waals surface area (Å²) in [4.78, 5) is 0. The van der Waals surface area contributed by atoms with Gasteiger partial charge in [0.15, 0.2) is 0 Å². The molecule has 0 N–H and O–H groups in total. The normalized spacial score (nSPS) is 16.7. The van der Waals surface area contributed by atoms with Crippen LogP contribution in [0, 0.1) is 12.3 Å². The van der Waals surface area contributed by atoms with Gasteiger partial charge in [-0.1, -0.05) is 26.2 Å². The zero-order valence-electron chi connectivity index (χ0n) is 9.86. The van der Waals surface area contributed by atoms with Gasteiger partial charge in [-0.2, -0.15) is 0 Å². The third-order valence-corrected chi connectivity index (χ3v) is 3.91. The van der Waals surface area contributed by atoms with Crippen molar-refractivity contribution in [1.29, 1.82) is 0 Å². The van der Waals surface area contributed by atoms with E-state index in [1.165, 1.54) is 0 Å². The predicted molar refractivity (Wildman–Crippen MR) is 63.0 cm³/mol. The number of hydrogen-bond donors (Lipinski definition) is 0. The van der Waals surface area contributed by atoms with Crippen molar-refractivity contribution in [1.82, 2.24) is 0 Å². The van der Waals surface area contributed by atoms with Crippen molar-refractivity contribution >= 4 is 7.60 Å². The molecular weight excluding hydrogens is 211 g/mol. The van der Waals surface area contributed by atoms with E-state index in [9.17, 15) is 4.57 Å². The highest BCUT2D eigenvalue weighted by Gasteiger charge is 2.25. The molecule has 0 aliphatic carbocycles. The van der Waals surface area contributed by atoms with E-state index in [0.717, 1.165) is 19.3 Å². The van der Waals surface area contributed by atoms with Crippen LogP contribution in [0.2, 0.25) is 0 Å². The third kappa shape index (κ3) is 6.73. The third-order valence-electron chi connectivity index (χ3n) is 1.83. The quantitative estimate of drug-likeness (QED) is 0.475. The molecule has 0 amide bonds. The lowest BCUT2D eigenvalue weighted by atomic mass is 10.4. The minimum absolute atomic E-state index is 0.454. The molecule has 88 valence electrons. The lowest BCUT2D eigenvalue weighted by molar-refractivity contribution is 0.186. The fourth-order valence-electron chi connectivity index (χ4n) is 1.00. The molecule has 2 unspecified atom stereocenters. The molecule has 15 heavy (non-hydrogen) atoms. The zero-order valence-corrected chi connectivity index (χ0v) is 10.8. The van der Waals surface area contributed by atoms with Gasteiger partial charge < -0.3 is 4.52 Å². The molecule has 0 rings (SSSR count). The molecule has 0 aromatic heterocycles. The van der Waals surface area contributed by atoms with Gasteiger partial charge in [0.1, 0.15) is 6.10 Å². The Balaban J connectivity index is 4.27. The molecule has 2 atom stereocenters. The molecule has 0 fully saturated rings. The maximum absolute atomic E-state index is 12.2. The molecular formula is C11H21O3P. The van der Waals surface area contributed by atoms with Crippen LogP contribution in [0.4, 0.5) is 0 Å². The minimum atomic E-state index is -2.97. The van der Waals surface area contributed by atoms with Gasteiger partial charge in [-0.3, -0.25) is 9.09 Å². The van der Waals surface area contributed by atoms with Crippen LogP contribution < -0.4 is 0 Å². The predicted octanol–water partition coefficient (Wildman–Crippen LogP) is 3.44. The van der Waals surface area contributed by atoms with E-state index < -0.39 is 13.7 Å².